The Morgan fingerprint density at radius 3 is 2.61 bits per heavy atom. The molecule has 0 amide bonds. The number of esters is 1. The maximum absolute atomic E-state index is 13.8. The lowest BCUT2D eigenvalue weighted by Gasteiger charge is -2.32. The third kappa shape index (κ3) is 3.22. The van der Waals surface area contributed by atoms with Crippen LogP contribution < -0.4 is 0 Å². The number of hydrogen-bond acceptors (Lipinski definition) is 4. The smallest absolute Gasteiger partial charge is 0.334 e. The molecule has 0 bridgehead atoms. The molecule has 2 heterocycles. The highest BCUT2D eigenvalue weighted by Gasteiger charge is 2.59. The van der Waals surface area contributed by atoms with Crippen molar-refractivity contribution in [3.63, 3.8) is 0 Å². The molecule has 2 aromatic rings. The molecular weight excluding hydrogens is 388 g/mol. The molecule has 1 aromatic carbocycles. The fourth-order valence-electron chi connectivity index (χ4n) is 5.73. The lowest BCUT2D eigenvalue weighted by atomic mass is 9.66. The van der Waals surface area contributed by atoms with Gasteiger partial charge in [0.15, 0.2) is 5.78 Å². The Hall–Kier alpha value is -3.13. The standard InChI is InChI=1S/C26H26N2O3/c27-17-26(24(29)19-10-5-2-6-11-19)14-20(21-15-28-13-7-12-22(28)23(21)26)25(30)31-16-18-8-3-1-4-9-18/h1,3-4,7-9,12-13,19,23H,2,5-6,10-11,14-16H2. The number of carbonyl (C=O) groups is 2. The van der Waals surface area contributed by atoms with Gasteiger partial charge >= 0.3 is 5.97 Å². The van der Waals surface area contributed by atoms with Crippen LogP contribution >= 0.6 is 0 Å². The van der Waals surface area contributed by atoms with Gasteiger partial charge in [0.2, 0.25) is 0 Å². The molecule has 1 aliphatic heterocycles. The van der Waals surface area contributed by atoms with E-state index in [0.29, 0.717) is 12.1 Å². The van der Waals surface area contributed by atoms with E-state index in [4.69, 9.17) is 4.74 Å². The molecule has 1 aromatic heterocycles. The fraction of sp³-hybridized carbons (Fsp3) is 0.423. The maximum Gasteiger partial charge on any atom is 0.334 e. The number of Topliss-reactive ketones (excluding diaryl/α,β-unsaturated/α-hetero) is 1. The summed E-state index contributed by atoms with van der Waals surface area (Å²) in [6, 6.07) is 15.9. The zero-order valence-corrected chi connectivity index (χ0v) is 17.5. The van der Waals surface area contributed by atoms with Crippen LogP contribution in [0.5, 0.6) is 0 Å². The minimum Gasteiger partial charge on any atom is -0.457 e. The molecule has 2 atom stereocenters. The van der Waals surface area contributed by atoms with E-state index in [9.17, 15) is 14.9 Å². The van der Waals surface area contributed by atoms with Crippen LogP contribution in [0.4, 0.5) is 0 Å². The third-order valence-corrected chi connectivity index (χ3v) is 7.26. The van der Waals surface area contributed by atoms with Gasteiger partial charge in [0.05, 0.1) is 6.07 Å². The number of hydrogen-bond donors (Lipinski definition) is 0. The number of ketones is 1. The second kappa shape index (κ2) is 7.85. The summed E-state index contributed by atoms with van der Waals surface area (Å²) in [7, 11) is 0. The minimum atomic E-state index is -1.20. The summed E-state index contributed by atoms with van der Waals surface area (Å²) < 4.78 is 7.69. The highest BCUT2D eigenvalue weighted by molar-refractivity contribution is 5.98. The topological polar surface area (TPSA) is 72.1 Å². The Morgan fingerprint density at radius 2 is 1.87 bits per heavy atom. The molecule has 31 heavy (non-hydrogen) atoms. The first-order chi connectivity index (χ1) is 15.1. The Balaban J connectivity index is 1.47. The lowest BCUT2D eigenvalue weighted by Crippen LogP contribution is -2.38. The quantitative estimate of drug-likeness (QED) is 0.666. The van der Waals surface area contributed by atoms with Crippen molar-refractivity contribution >= 4 is 11.8 Å². The molecular formula is C26H26N2O3. The van der Waals surface area contributed by atoms with E-state index < -0.39 is 11.4 Å². The molecule has 0 N–H and O–H groups in total. The second-order valence-electron chi connectivity index (χ2n) is 9.02. The van der Waals surface area contributed by atoms with E-state index in [-0.39, 0.29) is 30.6 Å². The molecule has 5 heteroatoms. The normalized spacial score (nSPS) is 25.1. The van der Waals surface area contributed by atoms with E-state index in [2.05, 4.69) is 10.6 Å². The van der Waals surface area contributed by atoms with Crippen LogP contribution in [-0.4, -0.2) is 16.3 Å². The molecule has 0 spiro atoms. The van der Waals surface area contributed by atoms with Crippen molar-refractivity contribution in [3.05, 3.63) is 71.1 Å². The third-order valence-electron chi connectivity index (χ3n) is 7.26. The van der Waals surface area contributed by atoms with Gasteiger partial charge in [-0.1, -0.05) is 49.6 Å². The van der Waals surface area contributed by atoms with E-state index in [1.807, 2.05) is 48.7 Å². The van der Waals surface area contributed by atoms with Gasteiger partial charge in [-0.2, -0.15) is 5.26 Å². The molecule has 2 unspecified atom stereocenters. The molecule has 1 saturated carbocycles. The van der Waals surface area contributed by atoms with Crippen molar-refractivity contribution in [2.75, 3.05) is 0 Å². The number of carbonyl (C=O) groups excluding carboxylic acids is 2. The molecule has 0 radical (unpaired) electrons. The Kier molecular flexibility index (Phi) is 5.02. The number of ether oxygens (including phenoxy) is 1. The zero-order valence-electron chi connectivity index (χ0n) is 17.5. The first-order valence-electron chi connectivity index (χ1n) is 11.2. The van der Waals surface area contributed by atoms with Gasteiger partial charge in [-0.25, -0.2) is 4.79 Å². The highest BCUT2D eigenvalue weighted by atomic mass is 16.5. The molecule has 2 aliphatic carbocycles. The van der Waals surface area contributed by atoms with Crippen LogP contribution in [0.3, 0.4) is 0 Å². The number of rotatable bonds is 5. The van der Waals surface area contributed by atoms with Crippen molar-refractivity contribution in [2.24, 2.45) is 11.3 Å². The minimum absolute atomic E-state index is 0.0257. The van der Waals surface area contributed by atoms with Crippen LogP contribution in [0.1, 0.15) is 55.7 Å². The number of benzene rings is 1. The predicted molar refractivity (Wildman–Crippen MR) is 115 cm³/mol. The van der Waals surface area contributed by atoms with Crippen LogP contribution in [0.2, 0.25) is 0 Å². The summed E-state index contributed by atoms with van der Waals surface area (Å²) in [5.41, 5.74) is 2.09. The first kappa shape index (κ1) is 19.8. The number of fused-ring (bicyclic) bond motifs is 3. The Morgan fingerprint density at radius 1 is 1.10 bits per heavy atom. The van der Waals surface area contributed by atoms with E-state index in [1.165, 1.54) is 0 Å². The van der Waals surface area contributed by atoms with Gasteiger partial charge in [0.25, 0.3) is 0 Å². The lowest BCUT2D eigenvalue weighted by molar-refractivity contribution is -0.140. The average molecular weight is 415 g/mol. The molecule has 3 aliphatic rings. The van der Waals surface area contributed by atoms with Crippen LogP contribution in [-0.2, 0) is 27.5 Å². The number of nitriles is 1. The van der Waals surface area contributed by atoms with Crippen molar-refractivity contribution < 1.29 is 14.3 Å². The number of nitrogens with zero attached hydrogens (tertiary/aromatic N) is 2. The first-order valence-corrected chi connectivity index (χ1v) is 11.2. The molecule has 1 fully saturated rings. The van der Waals surface area contributed by atoms with E-state index >= 15 is 0 Å². The Bertz CT molecular complexity index is 1090. The summed E-state index contributed by atoms with van der Waals surface area (Å²) >= 11 is 0. The number of aromatic nitrogens is 1. The van der Waals surface area contributed by atoms with Crippen LogP contribution in [0.25, 0.3) is 0 Å². The predicted octanol–water partition coefficient (Wildman–Crippen LogP) is 4.69. The second-order valence-corrected chi connectivity index (χ2v) is 9.02. The largest absolute Gasteiger partial charge is 0.457 e. The van der Waals surface area contributed by atoms with Crippen LogP contribution in [0, 0.1) is 22.7 Å². The molecule has 5 rings (SSSR count). The summed E-state index contributed by atoms with van der Waals surface area (Å²) in [6.45, 7) is 0.730. The van der Waals surface area contributed by atoms with Crippen molar-refractivity contribution in [1.82, 2.24) is 4.57 Å². The van der Waals surface area contributed by atoms with Gasteiger partial charge in [-0.05, 0) is 36.1 Å². The maximum atomic E-state index is 13.8. The van der Waals surface area contributed by atoms with Gasteiger partial charge in [-0.15, -0.1) is 0 Å². The molecule has 158 valence electrons. The fourth-order valence-corrected chi connectivity index (χ4v) is 5.73. The van der Waals surface area contributed by atoms with E-state index in [0.717, 1.165) is 48.9 Å². The van der Waals surface area contributed by atoms with Crippen LogP contribution in [0.15, 0.2) is 59.8 Å². The summed E-state index contributed by atoms with van der Waals surface area (Å²) in [6.07, 6.45) is 7.03. The molecule has 5 nitrogen and oxygen atoms in total. The SMILES string of the molecule is N#CC1(C(=O)C2CCCCC2)CC(C(=O)OCc2ccccc2)=C2Cn3cccc3C21. The molecule has 0 saturated heterocycles. The van der Waals surface area contributed by atoms with Crippen molar-refractivity contribution in [1.29, 1.82) is 5.26 Å². The summed E-state index contributed by atoms with van der Waals surface area (Å²) in [5.74, 6) is -0.805. The van der Waals surface area contributed by atoms with Gasteiger partial charge in [-0.3, -0.25) is 4.79 Å². The highest BCUT2D eigenvalue weighted by Crippen LogP contribution is 2.58. The monoisotopic (exact) mass is 414 g/mol. The van der Waals surface area contributed by atoms with Crippen molar-refractivity contribution in [2.45, 2.75) is 57.6 Å². The van der Waals surface area contributed by atoms with Gasteiger partial charge in [0, 0.05) is 42.3 Å². The summed E-state index contributed by atoms with van der Waals surface area (Å²) in [4.78, 5) is 26.9. The zero-order chi connectivity index (χ0) is 21.4. The Labute approximate surface area is 182 Å². The average Bonchev–Trinajstić information content (AvgIpc) is 3.49. The number of allylic oxidation sites excluding steroid dienone is 1. The van der Waals surface area contributed by atoms with Gasteiger partial charge in [0.1, 0.15) is 12.0 Å². The van der Waals surface area contributed by atoms with E-state index in [1.54, 1.807) is 0 Å². The summed E-state index contributed by atoms with van der Waals surface area (Å²) in [5, 5.41) is 10.4. The van der Waals surface area contributed by atoms with Crippen molar-refractivity contribution in [3.8, 4) is 6.07 Å². The van der Waals surface area contributed by atoms with Gasteiger partial charge < -0.3 is 9.30 Å².